The van der Waals surface area contributed by atoms with Crippen LogP contribution in [-0.4, -0.2) is 11.3 Å². The zero-order chi connectivity index (χ0) is 9.90. The molecule has 1 aromatic heterocycles. The summed E-state index contributed by atoms with van der Waals surface area (Å²) in [7, 11) is 0. The molecule has 0 unspecified atom stereocenters. The Morgan fingerprint density at radius 2 is 2.07 bits per heavy atom. The molecule has 1 aromatic rings. The van der Waals surface area contributed by atoms with Crippen LogP contribution < -0.4 is 4.74 Å². The average molecular weight is 337 g/mol. The summed E-state index contributed by atoms with van der Waals surface area (Å²) in [5.41, 5.74) is 0.410. The topological polar surface area (TPSA) is 22.1 Å². The van der Waals surface area contributed by atoms with Crippen molar-refractivity contribution in [3.8, 4) is 5.75 Å². The number of hydrogen-bond acceptors (Lipinski definition) is 2. The molecule has 0 saturated heterocycles. The van der Waals surface area contributed by atoms with Crippen LogP contribution in [0.15, 0.2) is 18.5 Å². The summed E-state index contributed by atoms with van der Waals surface area (Å²) in [5, 5.41) is 0.293. The largest absolute Gasteiger partial charge is 0.573 e. The van der Waals surface area contributed by atoms with Crippen molar-refractivity contribution >= 4 is 32.9 Å². The van der Waals surface area contributed by atoms with Crippen molar-refractivity contribution in [1.82, 2.24) is 4.98 Å². The van der Waals surface area contributed by atoms with E-state index in [0.29, 0.717) is 10.9 Å². The van der Waals surface area contributed by atoms with Gasteiger partial charge in [-0.1, -0.05) is 15.9 Å². The zero-order valence-electron chi connectivity index (χ0n) is 6.71. The van der Waals surface area contributed by atoms with Gasteiger partial charge in [0.1, 0.15) is 0 Å². The van der Waals surface area contributed by atoms with Crippen molar-refractivity contribution < 1.29 is 17.9 Å². The molecule has 0 N–H and O–H groups in total. The van der Waals surface area contributed by atoms with E-state index in [1.165, 1.54) is 12.3 Å². The van der Waals surface area contributed by atoms with E-state index in [1.807, 2.05) is 0 Å². The molecule has 0 fully saturated rings. The number of halogens is 5. The molecule has 0 amide bonds. The normalized spacial score (nSPS) is 10.6. The molecule has 7 heteroatoms. The molecule has 80 valence electrons. The Bertz CT molecular complexity index is 293. The molecule has 1 rings (SSSR count). The van der Waals surface area contributed by atoms with Gasteiger partial charge in [-0.05, 0) is 6.07 Å². The number of rotatable bonds is 2. The Morgan fingerprint density at radius 1 is 1.43 bits per heavy atom. The van der Waals surface area contributed by atoms with E-state index in [2.05, 4.69) is 25.7 Å². The van der Waals surface area contributed by atoms with Crippen molar-refractivity contribution in [1.29, 1.82) is 0 Å². The summed E-state index contributed by atoms with van der Waals surface area (Å²) in [6.45, 7) is 0. The number of alkyl halides is 4. The summed E-state index contributed by atoms with van der Waals surface area (Å²) in [5.74, 6) is -0.271. The second-order valence-electron chi connectivity index (χ2n) is 2.16. The molecule has 0 aromatic carbocycles. The Kier molecular flexibility index (Phi) is 5.43. The molecule has 2 nitrogen and oxygen atoms in total. The van der Waals surface area contributed by atoms with Gasteiger partial charge in [-0.15, -0.1) is 30.2 Å². The standard InChI is InChI=1S/C7H5BrF3NO.BrH/c8-3-5-1-2-12-4-6(5)13-7(9,10)11;/h1-2,4H,3H2;1H. The highest BCUT2D eigenvalue weighted by molar-refractivity contribution is 9.08. The Morgan fingerprint density at radius 3 is 2.57 bits per heavy atom. The first-order chi connectivity index (χ1) is 6.03. The highest BCUT2D eigenvalue weighted by atomic mass is 79.9. The van der Waals surface area contributed by atoms with Gasteiger partial charge in [-0.3, -0.25) is 4.98 Å². The molecule has 0 atom stereocenters. The van der Waals surface area contributed by atoms with Crippen LogP contribution in [0.5, 0.6) is 5.75 Å². The molecule has 0 aliphatic carbocycles. The average Bonchev–Trinajstić information content (AvgIpc) is 2.02. The Balaban J connectivity index is 0.00000169. The first kappa shape index (κ1) is 13.7. The van der Waals surface area contributed by atoms with Gasteiger partial charge in [-0.25, -0.2) is 0 Å². The van der Waals surface area contributed by atoms with Crippen LogP contribution in [-0.2, 0) is 5.33 Å². The van der Waals surface area contributed by atoms with Gasteiger partial charge in [0.05, 0.1) is 6.20 Å². The van der Waals surface area contributed by atoms with Crippen molar-refractivity contribution in [2.75, 3.05) is 0 Å². The minimum Gasteiger partial charge on any atom is -0.404 e. The lowest BCUT2D eigenvalue weighted by atomic mass is 10.3. The maximum absolute atomic E-state index is 11.8. The molecule has 0 saturated carbocycles. The first-order valence-electron chi connectivity index (χ1n) is 3.27. The molecule has 0 aliphatic rings. The minimum atomic E-state index is -4.67. The maximum atomic E-state index is 11.8. The first-order valence-corrected chi connectivity index (χ1v) is 4.39. The highest BCUT2D eigenvalue weighted by Crippen LogP contribution is 2.26. The third-order valence-electron chi connectivity index (χ3n) is 1.24. The second-order valence-corrected chi connectivity index (χ2v) is 2.73. The quantitative estimate of drug-likeness (QED) is 0.772. The summed E-state index contributed by atoms with van der Waals surface area (Å²) < 4.78 is 39.1. The fourth-order valence-corrected chi connectivity index (χ4v) is 1.20. The number of pyridine rings is 1. The third-order valence-corrected chi connectivity index (χ3v) is 1.84. The van der Waals surface area contributed by atoms with Crippen molar-refractivity contribution in [2.24, 2.45) is 0 Å². The number of hydrogen-bond donors (Lipinski definition) is 0. The molecule has 1 heterocycles. The van der Waals surface area contributed by atoms with E-state index in [-0.39, 0.29) is 22.7 Å². The smallest absolute Gasteiger partial charge is 0.404 e. The lowest BCUT2D eigenvalue weighted by molar-refractivity contribution is -0.275. The van der Waals surface area contributed by atoms with E-state index in [9.17, 15) is 13.2 Å². The van der Waals surface area contributed by atoms with Crippen LogP contribution in [0.4, 0.5) is 13.2 Å². The monoisotopic (exact) mass is 335 g/mol. The van der Waals surface area contributed by atoms with Gasteiger partial charge in [-0.2, -0.15) is 0 Å². The van der Waals surface area contributed by atoms with Gasteiger partial charge in [0.25, 0.3) is 0 Å². The van der Waals surface area contributed by atoms with Gasteiger partial charge in [0, 0.05) is 17.1 Å². The predicted octanol–water partition coefficient (Wildman–Crippen LogP) is 3.45. The van der Waals surface area contributed by atoms with Crippen LogP contribution in [0.3, 0.4) is 0 Å². The van der Waals surface area contributed by atoms with E-state index < -0.39 is 6.36 Å². The highest BCUT2D eigenvalue weighted by Gasteiger charge is 2.31. The molecule has 14 heavy (non-hydrogen) atoms. The molecular formula is C7H6Br2F3NO. The fourth-order valence-electron chi connectivity index (χ4n) is 0.736. The van der Waals surface area contributed by atoms with Crippen LogP contribution in [0.2, 0.25) is 0 Å². The van der Waals surface area contributed by atoms with Gasteiger partial charge >= 0.3 is 6.36 Å². The van der Waals surface area contributed by atoms with Gasteiger partial charge < -0.3 is 4.74 Å². The van der Waals surface area contributed by atoms with Gasteiger partial charge in [0.15, 0.2) is 5.75 Å². The Labute approximate surface area is 97.4 Å². The van der Waals surface area contributed by atoms with E-state index in [0.717, 1.165) is 6.20 Å². The van der Waals surface area contributed by atoms with E-state index in [4.69, 9.17) is 0 Å². The minimum absolute atomic E-state index is 0. The third kappa shape index (κ3) is 4.28. The number of ether oxygens (including phenoxy) is 1. The van der Waals surface area contributed by atoms with E-state index in [1.54, 1.807) is 0 Å². The van der Waals surface area contributed by atoms with E-state index >= 15 is 0 Å². The fraction of sp³-hybridized carbons (Fsp3) is 0.286. The predicted molar refractivity (Wildman–Crippen MR) is 53.9 cm³/mol. The van der Waals surface area contributed by atoms with Crippen LogP contribution >= 0.6 is 32.9 Å². The van der Waals surface area contributed by atoms with Crippen LogP contribution in [0.1, 0.15) is 5.56 Å². The maximum Gasteiger partial charge on any atom is 0.573 e. The molecule has 0 aliphatic heterocycles. The zero-order valence-corrected chi connectivity index (χ0v) is 10.0. The summed E-state index contributed by atoms with van der Waals surface area (Å²) in [6.07, 6.45) is -2.23. The second kappa shape index (κ2) is 5.55. The molecule has 0 radical (unpaired) electrons. The molecule has 0 bridgehead atoms. The summed E-state index contributed by atoms with van der Waals surface area (Å²) >= 11 is 3.04. The van der Waals surface area contributed by atoms with Gasteiger partial charge in [0.2, 0.25) is 0 Å². The summed E-state index contributed by atoms with van der Waals surface area (Å²) in [4.78, 5) is 3.53. The number of aromatic nitrogens is 1. The lowest BCUT2D eigenvalue weighted by Gasteiger charge is -2.10. The van der Waals surface area contributed by atoms with Crippen LogP contribution in [0.25, 0.3) is 0 Å². The SMILES string of the molecule is Br.FC(F)(F)Oc1cnccc1CBr. The van der Waals surface area contributed by atoms with Crippen molar-refractivity contribution in [3.63, 3.8) is 0 Å². The Hall–Kier alpha value is -0.300. The molecule has 0 spiro atoms. The summed E-state index contributed by atoms with van der Waals surface area (Å²) in [6, 6.07) is 1.45. The van der Waals surface area contributed by atoms with Crippen LogP contribution in [0, 0.1) is 0 Å². The molecular weight excluding hydrogens is 331 g/mol. The van der Waals surface area contributed by atoms with Crippen molar-refractivity contribution in [2.45, 2.75) is 11.7 Å². The lowest BCUT2D eigenvalue weighted by Crippen LogP contribution is -2.18. The van der Waals surface area contributed by atoms with Crippen molar-refractivity contribution in [3.05, 3.63) is 24.0 Å². The number of nitrogens with zero attached hydrogens (tertiary/aromatic N) is 1.